The van der Waals surface area contributed by atoms with Crippen molar-refractivity contribution in [1.29, 1.82) is 0 Å². The number of anilines is 2. The van der Waals surface area contributed by atoms with Crippen LogP contribution in [-0.2, 0) is 4.74 Å². The molecule has 1 aliphatic rings. The molecule has 1 fully saturated rings. The van der Waals surface area contributed by atoms with Crippen molar-refractivity contribution in [2.45, 2.75) is 0 Å². The Morgan fingerprint density at radius 2 is 1.87 bits per heavy atom. The van der Waals surface area contributed by atoms with Crippen LogP contribution in [-0.4, -0.2) is 46.6 Å². The summed E-state index contributed by atoms with van der Waals surface area (Å²) in [4.78, 5) is 8.71. The molecule has 1 aromatic heterocycles. The Bertz CT molecular complexity index is 674. The lowest BCUT2D eigenvalue weighted by Gasteiger charge is -2.26. The molecule has 2 aromatic rings. The third-order valence-corrected chi connectivity index (χ3v) is 4.26. The molecule has 0 saturated carbocycles. The summed E-state index contributed by atoms with van der Waals surface area (Å²) in [5.74, 6) is 1.58. The summed E-state index contributed by atoms with van der Waals surface area (Å²) < 4.78 is 12.2. The van der Waals surface area contributed by atoms with E-state index in [1.165, 1.54) is 0 Å². The number of rotatable bonds is 4. The molecule has 0 amide bonds. The third kappa shape index (κ3) is 3.95. The van der Waals surface area contributed by atoms with Crippen molar-refractivity contribution in [3.63, 3.8) is 0 Å². The van der Waals surface area contributed by atoms with Gasteiger partial charge in [0.1, 0.15) is 5.76 Å². The lowest BCUT2D eigenvalue weighted by molar-refractivity contribution is 0.120. The van der Waals surface area contributed by atoms with E-state index in [9.17, 15) is 0 Å². The van der Waals surface area contributed by atoms with Gasteiger partial charge in [-0.15, -0.1) is 0 Å². The first-order chi connectivity index (χ1) is 11.1. The summed E-state index contributed by atoms with van der Waals surface area (Å²) in [6, 6.07) is 10.0. The maximum Gasteiger partial charge on any atom is 0.210 e. The van der Waals surface area contributed by atoms with Crippen LogP contribution in [0.5, 0.6) is 0 Å². The van der Waals surface area contributed by atoms with Crippen molar-refractivity contribution in [1.82, 2.24) is 0 Å². The van der Waals surface area contributed by atoms with E-state index in [4.69, 9.17) is 9.15 Å². The SMILES string of the molecule is CN(C)c1ccc(N=Cc2cc(Br)c(N3CCOCC3)o2)cc1. The van der Waals surface area contributed by atoms with Gasteiger partial charge in [-0.2, -0.15) is 0 Å². The number of furan rings is 1. The molecule has 23 heavy (non-hydrogen) atoms. The number of ether oxygens (including phenoxy) is 1. The first-order valence-corrected chi connectivity index (χ1v) is 8.36. The number of aliphatic imine (C=N–C) groups is 1. The van der Waals surface area contributed by atoms with Gasteiger partial charge in [0, 0.05) is 38.9 Å². The average molecular weight is 378 g/mol. The van der Waals surface area contributed by atoms with Gasteiger partial charge in [0.15, 0.2) is 0 Å². The van der Waals surface area contributed by atoms with E-state index in [-0.39, 0.29) is 0 Å². The van der Waals surface area contributed by atoms with Crippen LogP contribution < -0.4 is 9.80 Å². The van der Waals surface area contributed by atoms with Gasteiger partial charge in [-0.3, -0.25) is 4.99 Å². The Balaban J connectivity index is 1.72. The van der Waals surface area contributed by atoms with Crippen LogP contribution in [0.15, 0.2) is 44.2 Å². The Morgan fingerprint density at radius 1 is 1.17 bits per heavy atom. The van der Waals surface area contributed by atoms with Crippen molar-refractivity contribution in [2.24, 2.45) is 4.99 Å². The van der Waals surface area contributed by atoms with E-state index in [0.29, 0.717) is 0 Å². The molecule has 6 heteroatoms. The largest absolute Gasteiger partial charge is 0.438 e. The van der Waals surface area contributed by atoms with Crippen LogP contribution in [0, 0.1) is 0 Å². The van der Waals surface area contributed by atoms with Gasteiger partial charge in [-0.1, -0.05) is 0 Å². The van der Waals surface area contributed by atoms with E-state index in [1.54, 1.807) is 6.21 Å². The number of hydrogen-bond acceptors (Lipinski definition) is 5. The summed E-state index contributed by atoms with van der Waals surface area (Å²) in [5, 5.41) is 0. The lowest BCUT2D eigenvalue weighted by atomic mass is 10.3. The van der Waals surface area contributed by atoms with Gasteiger partial charge in [0.25, 0.3) is 0 Å². The van der Waals surface area contributed by atoms with E-state index in [1.807, 2.05) is 44.4 Å². The van der Waals surface area contributed by atoms with Gasteiger partial charge in [0.2, 0.25) is 5.88 Å². The Hall–Kier alpha value is -1.79. The van der Waals surface area contributed by atoms with Gasteiger partial charge in [-0.05, 0) is 40.2 Å². The van der Waals surface area contributed by atoms with Gasteiger partial charge in [-0.25, -0.2) is 0 Å². The highest BCUT2D eigenvalue weighted by molar-refractivity contribution is 9.10. The highest BCUT2D eigenvalue weighted by Crippen LogP contribution is 2.30. The first-order valence-electron chi connectivity index (χ1n) is 7.57. The van der Waals surface area contributed by atoms with Crippen LogP contribution in [0.2, 0.25) is 0 Å². The van der Waals surface area contributed by atoms with Crippen molar-refractivity contribution in [2.75, 3.05) is 50.2 Å². The molecule has 0 atom stereocenters. The van der Waals surface area contributed by atoms with Crippen molar-refractivity contribution in [3.05, 3.63) is 40.6 Å². The van der Waals surface area contributed by atoms with E-state index < -0.39 is 0 Å². The minimum atomic E-state index is 0.731. The monoisotopic (exact) mass is 377 g/mol. The van der Waals surface area contributed by atoms with Crippen LogP contribution >= 0.6 is 15.9 Å². The molecule has 2 heterocycles. The summed E-state index contributed by atoms with van der Waals surface area (Å²) >= 11 is 3.56. The molecular weight excluding hydrogens is 358 g/mol. The zero-order valence-corrected chi connectivity index (χ0v) is 14.9. The predicted molar refractivity (Wildman–Crippen MR) is 97.5 cm³/mol. The maximum atomic E-state index is 5.90. The molecule has 1 aliphatic heterocycles. The fourth-order valence-electron chi connectivity index (χ4n) is 2.40. The summed E-state index contributed by atoms with van der Waals surface area (Å²) in [6.45, 7) is 3.15. The predicted octanol–water partition coefficient (Wildman–Crippen LogP) is 3.70. The number of hydrogen-bond donors (Lipinski definition) is 0. The van der Waals surface area contributed by atoms with Gasteiger partial charge < -0.3 is 19.0 Å². The second-order valence-electron chi connectivity index (χ2n) is 5.57. The Kier molecular flexibility index (Phi) is 5.03. The summed E-state index contributed by atoms with van der Waals surface area (Å²) in [7, 11) is 4.04. The standard InChI is InChI=1S/C17H20BrN3O2/c1-20(2)14-5-3-13(4-6-14)19-12-15-11-16(18)17(23-15)21-7-9-22-10-8-21/h3-6,11-12H,7-10H2,1-2H3. The molecule has 0 unspecified atom stereocenters. The van der Waals surface area contributed by atoms with Crippen LogP contribution in [0.3, 0.4) is 0 Å². The molecule has 3 rings (SSSR count). The van der Waals surface area contributed by atoms with Crippen LogP contribution in [0.25, 0.3) is 0 Å². The maximum absolute atomic E-state index is 5.90. The molecule has 122 valence electrons. The van der Waals surface area contributed by atoms with E-state index in [0.717, 1.165) is 53.8 Å². The molecule has 0 N–H and O–H groups in total. The van der Waals surface area contributed by atoms with Gasteiger partial charge in [0.05, 0.1) is 29.6 Å². The number of benzene rings is 1. The highest BCUT2D eigenvalue weighted by Gasteiger charge is 2.18. The minimum absolute atomic E-state index is 0.731. The molecule has 0 spiro atoms. The minimum Gasteiger partial charge on any atom is -0.438 e. The number of halogens is 1. The molecule has 1 aromatic carbocycles. The zero-order chi connectivity index (χ0) is 16.2. The normalized spacial score (nSPS) is 15.3. The summed E-state index contributed by atoms with van der Waals surface area (Å²) in [6.07, 6.45) is 1.75. The smallest absolute Gasteiger partial charge is 0.210 e. The fourth-order valence-corrected chi connectivity index (χ4v) is 2.95. The average Bonchev–Trinajstić information content (AvgIpc) is 2.95. The van der Waals surface area contributed by atoms with E-state index >= 15 is 0 Å². The second-order valence-corrected chi connectivity index (χ2v) is 6.42. The van der Waals surface area contributed by atoms with Crippen molar-refractivity contribution < 1.29 is 9.15 Å². The quantitative estimate of drug-likeness (QED) is 0.761. The molecule has 1 saturated heterocycles. The van der Waals surface area contributed by atoms with Gasteiger partial charge >= 0.3 is 0 Å². The second kappa shape index (κ2) is 7.19. The molecule has 5 nitrogen and oxygen atoms in total. The topological polar surface area (TPSA) is 41.2 Å². The molecule has 0 aliphatic carbocycles. The lowest BCUT2D eigenvalue weighted by Crippen LogP contribution is -2.36. The van der Waals surface area contributed by atoms with Crippen molar-refractivity contribution >= 4 is 39.4 Å². The number of morpholine rings is 1. The fraction of sp³-hybridized carbons (Fsp3) is 0.353. The molecule has 0 radical (unpaired) electrons. The molecule has 0 bridgehead atoms. The Morgan fingerprint density at radius 3 is 2.52 bits per heavy atom. The first kappa shape index (κ1) is 16.1. The van der Waals surface area contributed by atoms with Crippen LogP contribution in [0.1, 0.15) is 5.76 Å². The zero-order valence-electron chi connectivity index (χ0n) is 13.3. The molecular formula is C17H20BrN3O2. The number of nitrogens with zero attached hydrogens (tertiary/aromatic N) is 3. The van der Waals surface area contributed by atoms with Crippen molar-refractivity contribution in [3.8, 4) is 0 Å². The Labute approximate surface area is 144 Å². The van der Waals surface area contributed by atoms with E-state index in [2.05, 4.69) is 30.7 Å². The summed E-state index contributed by atoms with van der Waals surface area (Å²) in [5.41, 5.74) is 2.05. The third-order valence-electron chi connectivity index (χ3n) is 3.69. The highest BCUT2D eigenvalue weighted by atomic mass is 79.9. The van der Waals surface area contributed by atoms with Crippen LogP contribution in [0.4, 0.5) is 17.3 Å².